The van der Waals surface area contributed by atoms with E-state index in [9.17, 15) is 0 Å². The molecule has 90 valence electrons. The minimum absolute atomic E-state index is 0.351. The first kappa shape index (κ1) is 13.1. The largest absolute Gasteiger partial charge is 0.385 e. The monoisotopic (exact) mass is 222 g/mol. The van der Waals surface area contributed by atoms with Crippen molar-refractivity contribution in [2.75, 3.05) is 20.8 Å². The van der Waals surface area contributed by atoms with Crippen LogP contribution >= 0.6 is 0 Å². The second-order valence-corrected chi connectivity index (χ2v) is 4.20. The summed E-state index contributed by atoms with van der Waals surface area (Å²) in [5.41, 5.74) is 2.39. The molecule has 1 aromatic rings. The SMILES string of the molecule is CNC(c1cccnc1C)C(C)CCOC. The third kappa shape index (κ3) is 3.29. The number of pyridine rings is 1. The number of aryl methyl sites for hydroxylation is 1. The first-order chi connectivity index (χ1) is 7.70. The second-order valence-electron chi connectivity index (χ2n) is 4.20. The standard InChI is InChI=1S/C13H22N2O/c1-10(7-9-16-4)13(14-3)12-6-5-8-15-11(12)2/h5-6,8,10,13-14H,7,9H2,1-4H3. The highest BCUT2D eigenvalue weighted by Crippen LogP contribution is 2.25. The number of nitrogens with one attached hydrogen (secondary N) is 1. The molecule has 0 saturated carbocycles. The predicted octanol–water partition coefficient (Wildman–Crippen LogP) is 2.32. The highest BCUT2D eigenvalue weighted by molar-refractivity contribution is 5.23. The van der Waals surface area contributed by atoms with Crippen LogP contribution in [0.3, 0.4) is 0 Å². The molecular formula is C13H22N2O. The van der Waals surface area contributed by atoms with Crippen molar-refractivity contribution in [1.82, 2.24) is 10.3 Å². The molecule has 0 aliphatic rings. The Kier molecular flexibility index (Phi) is 5.43. The molecule has 0 saturated heterocycles. The Labute approximate surface area is 98.2 Å². The van der Waals surface area contributed by atoms with E-state index >= 15 is 0 Å². The Morgan fingerprint density at radius 3 is 2.81 bits per heavy atom. The normalized spacial score (nSPS) is 14.8. The minimum Gasteiger partial charge on any atom is -0.385 e. The lowest BCUT2D eigenvalue weighted by Gasteiger charge is -2.24. The van der Waals surface area contributed by atoms with Crippen LogP contribution in [0.2, 0.25) is 0 Å². The molecule has 2 atom stereocenters. The van der Waals surface area contributed by atoms with Crippen LogP contribution in [-0.2, 0) is 4.74 Å². The molecule has 2 unspecified atom stereocenters. The number of nitrogens with zero attached hydrogens (tertiary/aromatic N) is 1. The number of hydrogen-bond acceptors (Lipinski definition) is 3. The van der Waals surface area contributed by atoms with Crippen molar-refractivity contribution in [3.05, 3.63) is 29.6 Å². The molecule has 0 fully saturated rings. The van der Waals surface area contributed by atoms with Crippen LogP contribution in [0.1, 0.15) is 30.6 Å². The van der Waals surface area contributed by atoms with Gasteiger partial charge < -0.3 is 10.1 Å². The lowest BCUT2D eigenvalue weighted by Crippen LogP contribution is -2.25. The van der Waals surface area contributed by atoms with Crippen LogP contribution in [0.25, 0.3) is 0 Å². The number of rotatable bonds is 6. The minimum atomic E-state index is 0.351. The molecular weight excluding hydrogens is 200 g/mol. The molecule has 0 spiro atoms. The summed E-state index contributed by atoms with van der Waals surface area (Å²) < 4.78 is 5.13. The Hall–Kier alpha value is -0.930. The summed E-state index contributed by atoms with van der Waals surface area (Å²) in [4.78, 5) is 4.34. The van der Waals surface area contributed by atoms with E-state index in [0.717, 1.165) is 18.7 Å². The molecule has 3 heteroatoms. The molecule has 0 amide bonds. The molecule has 0 aliphatic carbocycles. The zero-order valence-electron chi connectivity index (χ0n) is 10.7. The van der Waals surface area contributed by atoms with Gasteiger partial charge in [0.05, 0.1) is 0 Å². The zero-order valence-corrected chi connectivity index (χ0v) is 10.7. The maximum Gasteiger partial charge on any atom is 0.0465 e. The lowest BCUT2D eigenvalue weighted by molar-refractivity contribution is 0.171. The summed E-state index contributed by atoms with van der Waals surface area (Å²) in [6.45, 7) is 5.11. The summed E-state index contributed by atoms with van der Waals surface area (Å²) in [6.07, 6.45) is 2.89. The number of hydrogen-bond donors (Lipinski definition) is 1. The fraction of sp³-hybridized carbons (Fsp3) is 0.615. The van der Waals surface area contributed by atoms with Gasteiger partial charge in [0.25, 0.3) is 0 Å². The van der Waals surface area contributed by atoms with Crippen LogP contribution in [0.4, 0.5) is 0 Å². The quantitative estimate of drug-likeness (QED) is 0.802. The summed E-state index contributed by atoms with van der Waals surface area (Å²) in [5.74, 6) is 0.535. The summed E-state index contributed by atoms with van der Waals surface area (Å²) >= 11 is 0. The Morgan fingerprint density at radius 1 is 1.50 bits per heavy atom. The second kappa shape index (κ2) is 6.61. The van der Waals surface area contributed by atoms with Crippen LogP contribution in [0.5, 0.6) is 0 Å². The van der Waals surface area contributed by atoms with E-state index < -0.39 is 0 Å². The Bertz CT molecular complexity index is 315. The molecule has 1 N–H and O–H groups in total. The van der Waals surface area contributed by atoms with Gasteiger partial charge in [-0.2, -0.15) is 0 Å². The highest BCUT2D eigenvalue weighted by Gasteiger charge is 2.19. The maximum absolute atomic E-state index is 5.13. The van der Waals surface area contributed by atoms with Crippen LogP contribution in [0.15, 0.2) is 18.3 Å². The van der Waals surface area contributed by atoms with Crippen molar-refractivity contribution < 1.29 is 4.74 Å². The van der Waals surface area contributed by atoms with Crippen molar-refractivity contribution in [2.24, 2.45) is 5.92 Å². The van der Waals surface area contributed by atoms with Gasteiger partial charge in [-0.25, -0.2) is 0 Å². The van der Waals surface area contributed by atoms with Gasteiger partial charge in [-0.15, -0.1) is 0 Å². The highest BCUT2D eigenvalue weighted by atomic mass is 16.5. The molecule has 0 bridgehead atoms. The average molecular weight is 222 g/mol. The fourth-order valence-electron chi connectivity index (χ4n) is 2.04. The van der Waals surface area contributed by atoms with Crippen molar-refractivity contribution >= 4 is 0 Å². The van der Waals surface area contributed by atoms with Gasteiger partial charge in [0.1, 0.15) is 0 Å². The molecule has 1 aromatic heterocycles. The molecule has 16 heavy (non-hydrogen) atoms. The van der Waals surface area contributed by atoms with Crippen molar-refractivity contribution in [1.29, 1.82) is 0 Å². The van der Waals surface area contributed by atoms with Crippen molar-refractivity contribution in [3.8, 4) is 0 Å². The van der Waals surface area contributed by atoms with Crippen LogP contribution < -0.4 is 5.32 Å². The lowest BCUT2D eigenvalue weighted by atomic mass is 9.91. The molecule has 0 aromatic carbocycles. The molecule has 1 rings (SSSR count). The average Bonchev–Trinajstić information content (AvgIpc) is 2.30. The number of aromatic nitrogens is 1. The maximum atomic E-state index is 5.13. The Morgan fingerprint density at radius 2 is 2.25 bits per heavy atom. The van der Waals surface area contributed by atoms with Crippen LogP contribution in [-0.4, -0.2) is 25.7 Å². The molecule has 0 radical (unpaired) electrons. The summed E-state index contributed by atoms with van der Waals surface area (Å²) in [7, 11) is 3.75. The van der Waals surface area contributed by atoms with Crippen molar-refractivity contribution in [2.45, 2.75) is 26.3 Å². The van der Waals surface area contributed by atoms with E-state index in [-0.39, 0.29) is 0 Å². The fourth-order valence-corrected chi connectivity index (χ4v) is 2.04. The molecule has 3 nitrogen and oxygen atoms in total. The van der Waals surface area contributed by atoms with E-state index in [1.54, 1.807) is 7.11 Å². The number of methoxy groups -OCH3 is 1. The van der Waals surface area contributed by atoms with E-state index in [2.05, 4.69) is 30.2 Å². The summed E-state index contributed by atoms with van der Waals surface area (Å²) in [6, 6.07) is 4.49. The third-order valence-corrected chi connectivity index (χ3v) is 3.04. The first-order valence-corrected chi connectivity index (χ1v) is 5.78. The smallest absolute Gasteiger partial charge is 0.0465 e. The Balaban J connectivity index is 2.77. The summed E-state index contributed by atoms with van der Waals surface area (Å²) in [5, 5.41) is 3.37. The van der Waals surface area contributed by atoms with Gasteiger partial charge in [0.15, 0.2) is 0 Å². The number of ether oxygens (including phenoxy) is 1. The van der Waals surface area contributed by atoms with Crippen molar-refractivity contribution in [3.63, 3.8) is 0 Å². The van der Waals surface area contributed by atoms with Gasteiger partial charge >= 0.3 is 0 Å². The van der Waals surface area contributed by atoms with E-state index in [1.807, 2.05) is 19.3 Å². The van der Waals surface area contributed by atoms with E-state index in [4.69, 9.17) is 4.74 Å². The topological polar surface area (TPSA) is 34.2 Å². The van der Waals surface area contributed by atoms with Gasteiger partial charge in [-0.05, 0) is 37.9 Å². The van der Waals surface area contributed by atoms with Gasteiger partial charge in [-0.1, -0.05) is 13.0 Å². The molecule has 0 aliphatic heterocycles. The van der Waals surface area contributed by atoms with Gasteiger partial charge in [0.2, 0.25) is 0 Å². The van der Waals surface area contributed by atoms with Gasteiger partial charge in [0, 0.05) is 31.6 Å². The van der Waals surface area contributed by atoms with E-state index in [1.165, 1.54) is 5.56 Å². The molecule has 1 heterocycles. The third-order valence-electron chi connectivity index (χ3n) is 3.04. The predicted molar refractivity (Wildman–Crippen MR) is 66.4 cm³/mol. The van der Waals surface area contributed by atoms with Gasteiger partial charge in [-0.3, -0.25) is 4.98 Å². The first-order valence-electron chi connectivity index (χ1n) is 5.78. The van der Waals surface area contributed by atoms with Crippen LogP contribution in [0, 0.1) is 12.8 Å². The van der Waals surface area contributed by atoms with E-state index in [0.29, 0.717) is 12.0 Å². The zero-order chi connectivity index (χ0) is 12.0.